The first-order valence-electron chi connectivity index (χ1n) is 9.65. The number of hydrogen-bond acceptors (Lipinski definition) is 7. The molecule has 0 bridgehead atoms. The second-order valence-electron chi connectivity index (χ2n) is 7.35. The van der Waals surface area contributed by atoms with E-state index in [0.29, 0.717) is 30.4 Å². The van der Waals surface area contributed by atoms with Gasteiger partial charge in [-0.05, 0) is 43.7 Å². The summed E-state index contributed by atoms with van der Waals surface area (Å²) in [6.45, 7) is 6.05. The summed E-state index contributed by atoms with van der Waals surface area (Å²) in [7, 11) is 0. The number of carboxylic acid groups (broad SMARTS) is 1. The summed E-state index contributed by atoms with van der Waals surface area (Å²) >= 11 is 0. The summed E-state index contributed by atoms with van der Waals surface area (Å²) in [4.78, 5) is 43.4. The monoisotopic (exact) mass is 406 g/mol. The maximum absolute atomic E-state index is 12.3. The molecule has 154 valence electrons. The molecule has 3 heterocycles. The van der Waals surface area contributed by atoms with Crippen molar-refractivity contribution in [2.45, 2.75) is 19.9 Å². The van der Waals surface area contributed by atoms with Crippen molar-refractivity contribution in [3.8, 4) is 11.4 Å². The van der Waals surface area contributed by atoms with Gasteiger partial charge in [0.25, 0.3) is 5.56 Å². The van der Waals surface area contributed by atoms with Crippen molar-refractivity contribution >= 4 is 17.6 Å². The fourth-order valence-electron chi connectivity index (χ4n) is 3.69. The first kappa shape index (κ1) is 19.6. The van der Waals surface area contributed by atoms with Crippen LogP contribution in [0, 0.1) is 6.92 Å². The number of rotatable bonds is 4. The van der Waals surface area contributed by atoms with Crippen LogP contribution in [0.4, 0.5) is 11.6 Å². The lowest BCUT2D eigenvalue weighted by atomic mass is 10.1. The second-order valence-corrected chi connectivity index (χ2v) is 7.35. The van der Waals surface area contributed by atoms with Gasteiger partial charge >= 0.3 is 5.97 Å². The molecule has 2 aromatic heterocycles. The van der Waals surface area contributed by atoms with Crippen LogP contribution < -0.4 is 15.4 Å². The zero-order chi connectivity index (χ0) is 21.3. The molecule has 0 aliphatic carbocycles. The molecule has 9 nitrogen and oxygen atoms in total. The first-order chi connectivity index (χ1) is 14.4. The van der Waals surface area contributed by atoms with E-state index in [9.17, 15) is 9.59 Å². The number of H-pyrrole nitrogens is 1. The molecule has 1 fully saturated rings. The number of nitrogens with zero attached hydrogens (tertiary/aromatic N) is 5. The molecule has 3 aromatic rings. The van der Waals surface area contributed by atoms with E-state index >= 15 is 0 Å². The van der Waals surface area contributed by atoms with Crippen molar-refractivity contribution < 1.29 is 9.90 Å². The van der Waals surface area contributed by atoms with Crippen LogP contribution >= 0.6 is 0 Å². The van der Waals surface area contributed by atoms with E-state index < -0.39 is 5.97 Å². The van der Waals surface area contributed by atoms with E-state index in [0.717, 1.165) is 17.8 Å². The lowest BCUT2D eigenvalue weighted by Gasteiger charge is -2.41. The van der Waals surface area contributed by atoms with E-state index in [1.165, 1.54) is 12.4 Å². The zero-order valence-corrected chi connectivity index (χ0v) is 16.7. The van der Waals surface area contributed by atoms with Crippen LogP contribution in [-0.4, -0.2) is 56.7 Å². The molecule has 1 saturated heterocycles. The topological polar surface area (TPSA) is 115 Å². The van der Waals surface area contributed by atoms with Crippen LogP contribution in [0.25, 0.3) is 11.4 Å². The summed E-state index contributed by atoms with van der Waals surface area (Å²) in [5.74, 6) is -0.419. The minimum Gasteiger partial charge on any atom is -0.478 e. The highest BCUT2D eigenvalue weighted by Crippen LogP contribution is 2.24. The predicted octanol–water partition coefficient (Wildman–Crippen LogP) is 1.95. The molecule has 30 heavy (non-hydrogen) atoms. The van der Waals surface area contributed by atoms with Crippen LogP contribution in [-0.2, 0) is 0 Å². The van der Waals surface area contributed by atoms with Gasteiger partial charge in [-0.25, -0.2) is 19.7 Å². The molecule has 0 spiro atoms. The molecule has 0 amide bonds. The summed E-state index contributed by atoms with van der Waals surface area (Å²) in [6.07, 6.45) is 3.14. The molecule has 2 N–H and O–H groups in total. The fraction of sp³-hybridized carbons (Fsp3) is 0.286. The number of aromatic nitrogens is 4. The molecule has 1 atom stereocenters. The first-order valence-corrected chi connectivity index (χ1v) is 9.65. The minimum atomic E-state index is -0.937. The van der Waals surface area contributed by atoms with E-state index in [2.05, 4.69) is 36.7 Å². The number of anilines is 2. The van der Waals surface area contributed by atoms with Crippen molar-refractivity contribution in [3.63, 3.8) is 0 Å². The van der Waals surface area contributed by atoms with Gasteiger partial charge in [0.15, 0.2) is 0 Å². The quantitative estimate of drug-likeness (QED) is 0.676. The average Bonchev–Trinajstić information content (AvgIpc) is 2.73. The molecule has 0 unspecified atom stereocenters. The lowest BCUT2D eigenvalue weighted by Crippen LogP contribution is -2.53. The van der Waals surface area contributed by atoms with Crippen molar-refractivity contribution in [1.29, 1.82) is 0 Å². The Labute approximate surface area is 173 Å². The van der Waals surface area contributed by atoms with Crippen LogP contribution in [0.2, 0.25) is 0 Å². The third-order valence-electron chi connectivity index (χ3n) is 5.25. The van der Waals surface area contributed by atoms with Gasteiger partial charge in [-0.15, -0.1) is 0 Å². The van der Waals surface area contributed by atoms with Crippen LogP contribution in [0.15, 0.2) is 47.7 Å². The normalized spacial score (nSPS) is 16.5. The highest BCUT2D eigenvalue weighted by Gasteiger charge is 2.26. The Hall–Kier alpha value is -3.75. The number of aromatic carboxylic acids is 1. The Morgan fingerprint density at radius 1 is 1.23 bits per heavy atom. The maximum atomic E-state index is 12.3. The number of benzene rings is 1. The number of hydrogen-bond donors (Lipinski definition) is 2. The summed E-state index contributed by atoms with van der Waals surface area (Å²) in [5.41, 5.74) is 3.02. The minimum absolute atomic E-state index is 0.0859. The molecule has 0 radical (unpaired) electrons. The summed E-state index contributed by atoms with van der Waals surface area (Å²) < 4.78 is 0. The third-order valence-corrected chi connectivity index (χ3v) is 5.25. The fourth-order valence-corrected chi connectivity index (χ4v) is 3.69. The Bertz CT molecular complexity index is 1130. The molecule has 4 rings (SSSR count). The molecule has 9 heteroatoms. The van der Waals surface area contributed by atoms with E-state index in [-0.39, 0.29) is 17.2 Å². The van der Waals surface area contributed by atoms with Crippen molar-refractivity contribution in [1.82, 2.24) is 19.9 Å². The van der Waals surface area contributed by atoms with Gasteiger partial charge in [0.1, 0.15) is 6.33 Å². The number of piperazine rings is 1. The third kappa shape index (κ3) is 3.86. The smallest absolute Gasteiger partial charge is 0.335 e. The van der Waals surface area contributed by atoms with Gasteiger partial charge in [0.05, 0.1) is 17.0 Å². The van der Waals surface area contributed by atoms with Gasteiger partial charge < -0.3 is 14.9 Å². The van der Waals surface area contributed by atoms with Crippen LogP contribution in [0.3, 0.4) is 0 Å². The summed E-state index contributed by atoms with van der Waals surface area (Å²) in [6, 6.07) is 8.41. The van der Waals surface area contributed by atoms with E-state index in [1.807, 2.05) is 19.1 Å². The Morgan fingerprint density at radius 3 is 2.67 bits per heavy atom. The molecule has 1 aliphatic rings. The molecule has 1 aliphatic heterocycles. The number of aryl methyl sites for hydroxylation is 1. The molecular weight excluding hydrogens is 384 g/mol. The SMILES string of the molecule is Cc1cncnc1-c1cc(=O)[nH]c(N2CCN(c3ccc(C(=O)O)cc3)C[C@H]2C)n1. The van der Waals surface area contributed by atoms with Gasteiger partial charge in [-0.1, -0.05) is 0 Å². The predicted molar refractivity (Wildman–Crippen MR) is 113 cm³/mol. The maximum Gasteiger partial charge on any atom is 0.335 e. The Morgan fingerprint density at radius 2 is 2.00 bits per heavy atom. The Balaban J connectivity index is 1.56. The highest BCUT2D eigenvalue weighted by atomic mass is 16.4. The van der Waals surface area contributed by atoms with Crippen LogP contribution in [0.5, 0.6) is 0 Å². The zero-order valence-electron chi connectivity index (χ0n) is 16.7. The van der Waals surface area contributed by atoms with Crippen molar-refractivity contribution in [2.75, 3.05) is 29.4 Å². The molecule has 0 saturated carbocycles. The number of nitrogens with one attached hydrogen (secondary N) is 1. The van der Waals surface area contributed by atoms with Gasteiger partial charge in [-0.3, -0.25) is 9.78 Å². The number of carboxylic acids is 1. The lowest BCUT2D eigenvalue weighted by molar-refractivity contribution is 0.0697. The van der Waals surface area contributed by atoms with E-state index in [1.54, 1.807) is 18.3 Å². The number of carbonyl (C=O) groups is 1. The van der Waals surface area contributed by atoms with Gasteiger partial charge in [0.2, 0.25) is 5.95 Å². The van der Waals surface area contributed by atoms with Gasteiger partial charge in [0, 0.05) is 43.6 Å². The largest absolute Gasteiger partial charge is 0.478 e. The van der Waals surface area contributed by atoms with Gasteiger partial charge in [-0.2, -0.15) is 0 Å². The highest BCUT2D eigenvalue weighted by molar-refractivity contribution is 5.88. The van der Waals surface area contributed by atoms with Crippen LogP contribution in [0.1, 0.15) is 22.8 Å². The Kier molecular flexibility index (Phi) is 5.18. The van der Waals surface area contributed by atoms with Crippen molar-refractivity contribution in [2.24, 2.45) is 0 Å². The standard InChI is InChI=1S/C21H22N6O3/c1-13-10-22-12-23-19(13)17-9-18(28)25-21(24-17)27-8-7-26(11-14(27)2)16-5-3-15(4-6-16)20(29)30/h3-6,9-10,12,14H,7-8,11H2,1-2H3,(H,29,30)(H,24,25,28)/t14-/m1/s1. The molecule has 1 aromatic carbocycles. The summed E-state index contributed by atoms with van der Waals surface area (Å²) in [5, 5.41) is 9.07. The second kappa shape index (κ2) is 7.94. The van der Waals surface area contributed by atoms with E-state index in [4.69, 9.17) is 5.11 Å². The average molecular weight is 406 g/mol. The molecular formula is C21H22N6O3. The van der Waals surface area contributed by atoms with Crippen molar-refractivity contribution in [3.05, 3.63) is 64.3 Å². The number of aromatic amines is 1.